The first-order valence-corrected chi connectivity index (χ1v) is 15.0. The van der Waals surface area contributed by atoms with Crippen molar-refractivity contribution in [2.45, 2.75) is 5.41 Å². The summed E-state index contributed by atoms with van der Waals surface area (Å²) in [5.74, 6) is 0. The second-order valence-electron chi connectivity index (χ2n) is 11.6. The Balaban J connectivity index is 1.43. The Morgan fingerprint density at radius 2 is 0.884 bits per heavy atom. The molecule has 43 heavy (non-hydrogen) atoms. The molecule has 0 bridgehead atoms. The molecule has 0 saturated carbocycles. The number of hydrogen-bond donors (Lipinski definition) is 0. The van der Waals surface area contributed by atoms with Crippen molar-refractivity contribution in [1.29, 1.82) is 0 Å². The molecule has 0 radical (unpaired) electrons. The highest BCUT2D eigenvalue weighted by Crippen LogP contribution is 2.58. The lowest BCUT2D eigenvalue weighted by Gasteiger charge is -2.35. The lowest BCUT2D eigenvalue weighted by atomic mass is 9.66. The van der Waals surface area contributed by atoms with E-state index in [1.54, 1.807) is 0 Å². The standard InChI is InChI=1S/C43H28/c1-3-15-32(16-4-1)43(33-17-5-2-6-18-33)41-28-31(24-25-38(41)39-26-23-29-13-7-10-20-35(29)42(39)43)40-27-30-14-8-9-19-34(30)36-21-11-12-22-37(36)40/h1-28H. The van der Waals surface area contributed by atoms with Crippen LogP contribution in [0.3, 0.4) is 0 Å². The summed E-state index contributed by atoms with van der Waals surface area (Å²) in [5, 5.41) is 7.72. The Morgan fingerprint density at radius 3 is 1.60 bits per heavy atom. The zero-order valence-corrected chi connectivity index (χ0v) is 23.7. The van der Waals surface area contributed by atoms with Gasteiger partial charge < -0.3 is 0 Å². The van der Waals surface area contributed by atoms with Gasteiger partial charge in [-0.25, -0.2) is 0 Å². The fourth-order valence-corrected chi connectivity index (χ4v) is 7.73. The first kappa shape index (κ1) is 24.2. The van der Waals surface area contributed by atoms with Gasteiger partial charge in [0.15, 0.2) is 0 Å². The summed E-state index contributed by atoms with van der Waals surface area (Å²) in [4.78, 5) is 0. The maximum atomic E-state index is 2.49. The Hall–Kier alpha value is -5.46. The van der Waals surface area contributed by atoms with E-state index in [4.69, 9.17) is 0 Å². The molecule has 0 N–H and O–H groups in total. The van der Waals surface area contributed by atoms with E-state index in [1.165, 1.54) is 76.8 Å². The number of rotatable bonds is 3. The van der Waals surface area contributed by atoms with Crippen LogP contribution in [-0.2, 0) is 5.41 Å². The normalized spacial score (nSPS) is 13.3. The Morgan fingerprint density at radius 1 is 0.326 bits per heavy atom. The predicted octanol–water partition coefficient (Wildman–Crippen LogP) is 11.2. The maximum absolute atomic E-state index is 2.49. The molecule has 8 aromatic carbocycles. The van der Waals surface area contributed by atoms with E-state index in [2.05, 4.69) is 170 Å². The van der Waals surface area contributed by atoms with Crippen LogP contribution in [-0.4, -0.2) is 0 Å². The van der Waals surface area contributed by atoms with E-state index in [1.807, 2.05) is 0 Å². The van der Waals surface area contributed by atoms with Gasteiger partial charge >= 0.3 is 0 Å². The van der Waals surface area contributed by atoms with Gasteiger partial charge in [0.1, 0.15) is 0 Å². The molecular formula is C43H28. The van der Waals surface area contributed by atoms with E-state index >= 15 is 0 Å². The van der Waals surface area contributed by atoms with E-state index in [0.717, 1.165) is 0 Å². The molecule has 0 aliphatic heterocycles. The van der Waals surface area contributed by atoms with Crippen molar-refractivity contribution in [3.05, 3.63) is 192 Å². The molecule has 0 saturated heterocycles. The van der Waals surface area contributed by atoms with Crippen LogP contribution in [0.15, 0.2) is 170 Å². The highest BCUT2D eigenvalue weighted by atomic mass is 14.5. The van der Waals surface area contributed by atoms with Crippen LogP contribution in [0.2, 0.25) is 0 Å². The first-order chi connectivity index (χ1) is 21.3. The first-order valence-electron chi connectivity index (χ1n) is 15.0. The van der Waals surface area contributed by atoms with Gasteiger partial charge in [0, 0.05) is 0 Å². The van der Waals surface area contributed by atoms with Crippen LogP contribution in [0.4, 0.5) is 0 Å². The molecule has 0 aromatic heterocycles. The molecule has 0 heteroatoms. The second kappa shape index (κ2) is 9.28. The van der Waals surface area contributed by atoms with Crippen molar-refractivity contribution in [1.82, 2.24) is 0 Å². The van der Waals surface area contributed by atoms with Crippen LogP contribution >= 0.6 is 0 Å². The van der Waals surface area contributed by atoms with E-state index in [0.29, 0.717) is 0 Å². The van der Waals surface area contributed by atoms with Crippen molar-refractivity contribution in [3.63, 3.8) is 0 Å². The van der Waals surface area contributed by atoms with Gasteiger partial charge in [0.25, 0.3) is 0 Å². The summed E-state index contributed by atoms with van der Waals surface area (Å²) in [6.07, 6.45) is 0. The molecule has 0 fully saturated rings. The molecule has 0 nitrogen and oxygen atoms in total. The molecule has 0 amide bonds. The third kappa shape index (κ3) is 3.38. The van der Waals surface area contributed by atoms with Gasteiger partial charge in [0.05, 0.1) is 5.41 Å². The van der Waals surface area contributed by atoms with Crippen molar-refractivity contribution in [2.24, 2.45) is 0 Å². The molecule has 0 spiro atoms. The summed E-state index contributed by atoms with van der Waals surface area (Å²) in [6.45, 7) is 0. The summed E-state index contributed by atoms with van der Waals surface area (Å²) < 4.78 is 0. The average Bonchev–Trinajstić information content (AvgIpc) is 3.39. The van der Waals surface area contributed by atoms with Crippen LogP contribution < -0.4 is 0 Å². The maximum Gasteiger partial charge on any atom is 0.0719 e. The molecular weight excluding hydrogens is 516 g/mol. The van der Waals surface area contributed by atoms with Crippen molar-refractivity contribution < 1.29 is 0 Å². The molecule has 0 unspecified atom stereocenters. The second-order valence-corrected chi connectivity index (χ2v) is 11.6. The van der Waals surface area contributed by atoms with E-state index in [9.17, 15) is 0 Å². The number of fused-ring (bicyclic) bond motifs is 8. The smallest absolute Gasteiger partial charge is 0.0622 e. The third-order valence-electron chi connectivity index (χ3n) is 9.51. The van der Waals surface area contributed by atoms with Crippen molar-refractivity contribution >= 4 is 32.3 Å². The topological polar surface area (TPSA) is 0 Å². The van der Waals surface area contributed by atoms with Crippen LogP contribution in [0.25, 0.3) is 54.6 Å². The molecule has 8 aromatic rings. The van der Waals surface area contributed by atoms with E-state index < -0.39 is 5.41 Å². The molecule has 200 valence electrons. The van der Waals surface area contributed by atoms with Crippen LogP contribution in [0, 0.1) is 0 Å². The minimum atomic E-state index is -0.462. The Bertz CT molecular complexity index is 2290. The van der Waals surface area contributed by atoms with Crippen LogP contribution in [0.1, 0.15) is 22.3 Å². The van der Waals surface area contributed by atoms with Gasteiger partial charge in [0.2, 0.25) is 0 Å². The summed E-state index contributed by atoms with van der Waals surface area (Å²) in [7, 11) is 0. The van der Waals surface area contributed by atoms with E-state index in [-0.39, 0.29) is 0 Å². The highest BCUT2D eigenvalue weighted by molar-refractivity contribution is 6.14. The summed E-state index contributed by atoms with van der Waals surface area (Å²) >= 11 is 0. The van der Waals surface area contributed by atoms with Gasteiger partial charge in [-0.2, -0.15) is 0 Å². The molecule has 0 heterocycles. The van der Waals surface area contributed by atoms with Gasteiger partial charge in [-0.1, -0.05) is 158 Å². The minimum absolute atomic E-state index is 0.462. The van der Waals surface area contributed by atoms with Gasteiger partial charge in [-0.15, -0.1) is 0 Å². The Kier molecular flexibility index (Phi) is 5.21. The lowest BCUT2D eigenvalue weighted by molar-refractivity contribution is 0.776. The fraction of sp³-hybridized carbons (Fsp3) is 0.0233. The lowest BCUT2D eigenvalue weighted by Crippen LogP contribution is -2.28. The highest BCUT2D eigenvalue weighted by Gasteiger charge is 2.47. The quantitative estimate of drug-likeness (QED) is 0.194. The predicted molar refractivity (Wildman–Crippen MR) is 182 cm³/mol. The zero-order valence-electron chi connectivity index (χ0n) is 23.7. The van der Waals surface area contributed by atoms with Gasteiger partial charge in [-0.3, -0.25) is 0 Å². The Labute approximate surface area is 251 Å². The number of hydrogen-bond acceptors (Lipinski definition) is 0. The van der Waals surface area contributed by atoms with Crippen molar-refractivity contribution in [2.75, 3.05) is 0 Å². The average molecular weight is 545 g/mol. The number of benzene rings is 8. The SMILES string of the molecule is c1ccc(C2(c3ccccc3)c3cc(-c4cc5ccccc5c5ccccc45)ccc3-c3ccc4ccccc4c32)cc1. The molecule has 1 aliphatic rings. The summed E-state index contributed by atoms with van der Waals surface area (Å²) in [5.41, 5.74) is 9.97. The monoisotopic (exact) mass is 544 g/mol. The molecule has 0 atom stereocenters. The summed E-state index contributed by atoms with van der Waals surface area (Å²) in [6, 6.07) is 62.9. The largest absolute Gasteiger partial charge is 0.0719 e. The van der Waals surface area contributed by atoms with Gasteiger partial charge in [-0.05, 0) is 89.0 Å². The minimum Gasteiger partial charge on any atom is -0.0622 e. The zero-order chi connectivity index (χ0) is 28.4. The van der Waals surface area contributed by atoms with Crippen LogP contribution in [0.5, 0.6) is 0 Å². The molecule has 9 rings (SSSR count). The molecule has 1 aliphatic carbocycles. The van der Waals surface area contributed by atoms with Crippen molar-refractivity contribution in [3.8, 4) is 22.3 Å². The fourth-order valence-electron chi connectivity index (χ4n) is 7.73. The third-order valence-corrected chi connectivity index (χ3v) is 9.51.